The monoisotopic (exact) mass is 231 g/mol. The molecule has 1 heterocycles. The predicted octanol–water partition coefficient (Wildman–Crippen LogP) is 2.47. The van der Waals surface area contributed by atoms with E-state index < -0.39 is 0 Å². The molecule has 0 radical (unpaired) electrons. The first-order valence-electron chi connectivity index (χ1n) is 5.55. The summed E-state index contributed by atoms with van der Waals surface area (Å²) >= 11 is 0. The van der Waals surface area contributed by atoms with E-state index in [0.717, 1.165) is 5.56 Å². The highest BCUT2D eigenvalue weighted by molar-refractivity contribution is 5.75. The Balaban J connectivity index is 1.94. The summed E-state index contributed by atoms with van der Waals surface area (Å²) in [7, 11) is 0. The highest BCUT2D eigenvalue weighted by atomic mass is 16.6. The average Bonchev–Trinajstić information content (AvgIpc) is 2.69. The van der Waals surface area contributed by atoms with Crippen LogP contribution in [0.3, 0.4) is 0 Å². The van der Waals surface area contributed by atoms with E-state index in [1.807, 2.05) is 30.3 Å². The van der Waals surface area contributed by atoms with E-state index in [1.165, 1.54) is 0 Å². The predicted molar refractivity (Wildman–Crippen MR) is 62.1 cm³/mol. The SMILES string of the molecule is [N-]=[N+]=NC[C@@H]1C[C@@H](Cc2ccccc2)C(=O)O1. The number of nitrogens with zero attached hydrogens (tertiary/aromatic N) is 3. The lowest BCUT2D eigenvalue weighted by Crippen LogP contribution is -2.10. The largest absolute Gasteiger partial charge is 0.462 e. The molecule has 1 fully saturated rings. The van der Waals surface area contributed by atoms with Crippen molar-refractivity contribution in [2.45, 2.75) is 18.9 Å². The smallest absolute Gasteiger partial charge is 0.309 e. The highest BCUT2D eigenvalue weighted by Crippen LogP contribution is 2.25. The van der Waals surface area contributed by atoms with E-state index in [9.17, 15) is 4.79 Å². The minimum Gasteiger partial charge on any atom is -0.462 e. The lowest BCUT2D eigenvalue weighted by Gasteiger charge is -2.04. The van der Waals surface area contributed by atoms with Gasteiger partial charge in [-0.3, -0.25) is 4.79 Å². The number of carbonyl (C=O) groups excluding carboxylic acids is 1. The van der Waals surface area contributed by atoms with Crippen molar-refractivity contribution in [3.63, 3.8) is 0 Å². The van der Waals surface area contributed by atoms with Crippen LogP contribution < -0.4 is 0 Å². The number of ether oxygens (including phenoxy) is 1. The highest BCUT2D eigenvalue weighted by Gasteiger charge is 2.33. The molecule has 2 rings (SSSR count). The minimum atomic E-state index is -0.257. The second kappa shape index (κ2) is 5.37. The lowest BCUT2D eigenvalue weighted by molar-refractivity contribution is -0.144. The Bertz CT molecular complexity index is 440. The quantitative estimate of drug-likeness (QED) is 0.345. The molecule has 0 bridgehead atoms. The van der Waals surface area contributed by atoms with Gasteiger partial charge in [-0.05, 0) is 23.9 Å². The van der Waals surface area contributed by atoms with Gasteiger partial charge in [-0.1, -0.05) is 35.4 Å². The van der Waals surface area contributed by atoms with Gasteiger partial charge in [0, 0.05) is 4.91 Å². The first-order chi connectivity index (χ1) is 8.29. The zero-order valence-electron chi connectivity index (χ0n) is 9.32. The lowest BCUT2D eigenvalue weighted by atomic mass is 9.96. The fourth-order valence-corrected chi connectivity index (χ4v) is 2.03. The van der Waals surface area contributed by atoms with E-state index in [-0.39, 0.29) is 24.5 Å². The molecular formula is C12H13N3O2. The van der Waals surface area contributed by atoms with E-state index >= 15 is 0 Å². The number of rotatable bonds is 4. The average molecular weight is 231 g/mol. The van der Waals surface area contributed by atoms with Gasteiger partial charge in [0.1, 0.15) is 6.10 Å². The van der Waals surface area contributed by atoms with Crippen LogP contribution in [0.1, 0.15) is 12.0 Å². The number of hydrogen-bond acceptors (Lipinski definition) is 3. The molecule has 0 amide bonds. The standard InChI is InChI=1S/C12H13N3O2/c13-15-14-8-11-7-10(12(16)17-11)6-9-4-2-1-3-5-9/h1-5,10-11H,6-8H2/t10-,11+/m1/s1. The summed E-state index contributed by atoms with van der Waals surface area (Å²) < 4.78 is 5.14. The minimum absolute atomic E-state index is 0.115. The van der Waals surface area contributed by atoms with Crippen LogP contribution in [0.25, 0.3) is 10.4 Å². The zero-order valence-corrected chi connectivity index (χ0v) is 9.32. The number of benzene rings is 1. The van der Waals surface area contributed by atoms with Gasteiger partial charge in [-0.15, -0.1) is 0 Å². The summed E-state index contributed by atoms with van der Waals surface area (Å²) in [5.41, 5.74) is 9.34. The maximum atomic E-state index is 11.6. The van der Waals surface area contributed by atoms with Crippen molar-refractivity contribution in [1.82, 2.24) is 0 Å². The van der Waals surface area contributed by atoms with Crippen molar-refractivity contribution in [2.24, 2.45) is 11.0 Å². The Kier molecular flexibility index (Phi) is 3.62. The van der Waals surface area contributed by atoms with Gasteiger partial charge in [0.25, 0.3) is 0 Å². The molecule has 1 aliphatic heterocycles. The van der Waals surface area contributed by atoms with Gasteiger partial charge in [-0.2, -0.15) is 0 Å². The second-order valence-corrected chi connectivity index (χ2v) is 4.09. The van der Waals surface area contributed by atoms with Crippen LogP contribution in [0, 0.1) is 5.92 Å². The molecular weight excluding hydrogens is 218 g/mol. The molecule has 0 N–H and O–H groups in total. The molecule has 0 spiro atoms. The third kappa shape index (κ3) is 2.98. The van der Waals surface area contributed by atoms with E-state index in [0.29, 0.717) is 12.8 Å². The van der Waals surface area contributed by atoms with E-state index in [1.54, 1.807) is 0 Å². The summed E-state index contributed by atoms with van der Waals surface area (Å²) in [6.07, 6.45) is 1.06. The Morgan fingerprint density at radius 1 is 1.41 bits per heavy atom. The van der Waals surface area contributed by atoms with Crippen molar-refractivity contribution in [2.75, 3.05) is 6.54 Å². The maximum Gasteiger partial charge on any atom is 0.309 e. The summed E-state index contributed by atoms with van der Waals surface area (Å²) in [5.74, 6) is -0.303. The molecule has 0 saturated carbocycles. The normalized spacial score (nSPS) is 22.9. The third-order valence-electron chi connectivity index (χ3n) is 2.84. The molecule has 1 aliphatic rings. The van der Waals surface area contributed by atoms with Crippen LogP contribution in [-0.2, 0) is 16.0 Å². The summed E-state index contributed by atoms with van der Waals surface area (Å²) in [4.78, 5) is 14.3. The Morgan fingerprint density at radius 2 is 2.18 bits per heavy atom. The van der Waals surface area contributed by atoms with Crippen LogP contribution in [0.4, 0.5) is 0 Å². The third-order valence-corrected chi connectivity index (χ3v) is 2.84. The van der Waals surface area contributed by atoms with Crippen LogP contribution in [0.2, 0.25) is 0 Å². The van der Waals surface area contributed by atoms with Gasteiger partial charge in [0.2, 0.25) is 0 Å². The Labute approximate surface area is 99.0 Å². The molecule has 0 aromatic heterocycles. The van der Waals surface area contributed by atoms with E-state index in [4.69, 9.17) is 10.3 Å². The van der Waals surface area contributed by atoms with E-state index in [2.05, 4.69) is 10.0 Å². The zero-order chi connectivity index (χ0) is 12.1. The van der Waals surface area contributed by atoms with Gasteiger partial charge in [-0.25, -0.2) is 0 Å². The van der Waals surface area contributed by atoms with Crippen LogP contribution >= 0.6 is 0 Å². The molecule has 2 atom stereocenters. The van der Waals surface area contributed by atoms with Gasteiger partial charge < -0.3 is 4.74 Å². The summed E-state index contributed by atoms with van der Waals surface area (Å²) in [6, 6.07) is 9.84. The number of carbonyl (C=O) groups is 1. The Morgan fingerprint density at radius 3 is 2.88 bits per heavy atom. The Hall–Kier alpha value is -2.00. The van der Waals surface area contributed by atoms with Crippen LogP contribution in [-0.4, -0.2) is 18.6 Å². The first kappa shape index (κ1) is 11.5. The fraction of sp³-hybridized carbons (Fsp3) is 0.417. The van der Waals surface area contributed by atoms with Gasteiger partial charge >= 0.3 is 5.97 Å². The van der Waals surface area contributed by atoms with Crippen molar-refractivity contribution < 1.29 is 9.53 Å². The van der Waals surface area contributed by atoms with Crippen molar-refractivity contribution >= 4 is 5.97 Å². The molecule has 1 aromatic carbocycles. The van der Waals surface area contributed by atoms with Gasteiger partial charge in [0.15, 0.2) is 0 Å². The van der Waals surface area contributed by atoms with Crippen LogP contribution in [0.15, 0.2) is 35.4 Å². The number of azide groups is 1. The molecule has 1 aromatic rings. The summed E-state index contributed by atoms with van der Waals surface area (Å²) in [6.45, 7) is 0.230. The first-order valence-corrected chi connectivity index (χ1v) is 5.55. The number of cyclic esters (lactones) is 1. The van der Waals surface area contributed by atoms with Crippen molar-refractivity contribution in [3.05, 3.63) is 46.3 Å². The van der Waals surface area contributed by atoms with Crippen LogP contribution in [0.5, 0.6) is 0 Å². The maximum absolute atomic E-state index is 11.6. The van der Waals surface area contributed by atoms with Crippen molar-refractivity contribution in [1.29, 1.82) is 0 Å². The topological polar surface area (TPSA) is 75.1 Å². The fourth-order valence-electron chi connectivity index (χ4n) is 2.03. The second-order valence-electron chi connectivity index (χ2n) is 4.09. The molecule has 88 valence electrons. The summed E-state index contributed by atoms with van der Waals surface area (Å²) in [5, 5.41) is 3.43. The molecule has 1 saturated heterocycles. The molecule has 0 unspecified atom stereocenters. The van der Waals surface area contributed by atoms with Crippen molar-refractivity contribution in [3.8, 4) is 0 Å². The van der Waals surface area contributed by atoms with Gasteiger partial charge in [0.05, 0.1) is 12.5 Å². The number of esters is 1. The molecule has 0 aliphatic carbocycles. The molecule has 5 heteroatoms. The molecule has 5 nitrogen and oxygen atoms in total. The molecule has 17 heavy (non-hydrogen) atoms. The number of hydrogen-bond donors (Lipinski definition) is 0.